The lowest BCUT2D eigenvalue weighted by Gasteiger charge is -2.43. The first-order valence-electron chi connectivity index (χ1n) is 7.21. The summed E-state index contributed by atoms with van der Waals surface area (Å²) in [5.41, 5.74) is 0.123. The quantitative estimate of drug-likeness (QED) is 0.787. The Balaban J connectivity index is 1.81. The monoisotopic (exact) mass is 240 g/mol. The highest BCUT2D eigenvalue weighted by molar-refractivity contribution is 4.90. The van der Waals surface area contributed by atoms with Crippen molar-refractivity contribution in [1.29, 1.82) is 0 Å². The molecule has 100 valence electrons. The Kier molecular flexibility index (Phi) is 4.11. The zero-order valence-corrected chi connectivity index (χ0v) is 11.5. The predicted molar refractivity (Wildman–Crippen MR) is 71.1 cm³/mol. The van der Waals surface area contributed by atoms with Crippen molar-refractivity contribution in [3.63, 3.8) is 0 Å². The third-order valence-corrected chi connectivity index (χ3v) is 4.97. The number of hydrogen-bond donors (Lipinski definition) is 2. The predicted octanol–water partition coefficient (Wildman–Crippen LogP) is 1.61. The molecule has 0 spiro atoms. The Bertz CT molecular complexity index is 241. The highest BCUT2D eigenvalue weighted by Gasteiger charge is 2.34. The van der Waals surface area contributed by atoms with Crippen LogP contribution < -0.4 is 5.32 Å². The maximum atomic E-state index is 10.5. The lowest BCUT2D eigenvalue weighted by molar-refractivity contribution is -0.0337. The summed E-state index contributed by atoms with van der Waals surface area (Å²) in [5.74, 6) is 0. The number of nitrogens with zero attached hydrogens (tertiary/aromatic N) is 1. The summed E-state index contributed by atoms with van der Waals surface area (Å²) in [6.07, 6.45) is 5.69. The van der Waals surface area contributed by atoms with E-state index in [-0.39, 0.29) is 0 Å². The largest absolute Gasteiger partial charge is 0.388 e. The first-order valence-corrected chi connectivity index (χ1v) is 7.21. The minimum absolute atomic E-state index is 0.425. The molecule has 0 saturated carbocycles. The van der Waals surface area contributed by atoms with Crippen LogP contribution in [0.5, 0.6) is 0 Å². The van der Waals surface area contributed by atoms with Crippen LogP contribution in [0.15, 0.2) is 0 Å². The van der Waals surface area contributed by atoms with Crippen molar-refractivity contribution in [2.24, 2.45) is 5.41 Å². The van der Waals surface area contributed by atoms with Gasteiger partial charge >= 0.3 is 0 Å². The molecule has 2 aliphatic heterocycles. The maximum Gasteiger partial charge on any atom is 0.0798 e. The first-order chi connectivity index (χ1) is 8.05. The van der Waals surface area contributed by atoms with E-state index in [9.17, 15) is 5.11 Å². The van der Waals surface area contributed by atoms with Gasteiger partial charge in [-0.25, -0.2) is 0 Å². The minimum atomic E-state index is -0.425. The van der Waals surface area contributed by atoms with Gasteiger partial charge in [-0.05, 0) is 57.3 Å². The van der Waals surface area contributed by atoms with Crippen LogP contribution in [0.4, 0.5) is 0 Å². The second kappa shape index (κ2) is 5.25. The molecule has 0 aromatic rings. The van der Waals surface area contributed by atoms with E-state index in [1.165, 1.54) is 32.4 Å². The number of piperidine rings is 2. The van der Waals surface area contributed by atoms with Crippen molar-refractivity contribution in [2.75, 3.05) is 32.7 Å². The van der Waals surface area contributed by atoms with Gasteiger partial charge in [0.1, 0.15) is 0 Å². The van der Waals surface area contributed by atoms with Gasteiger partial charge in [0.2, 0.25) is 0 Å². The number of nitrogens with one attached hydrogen (secondary N) is 1. The van der Waals surface area contributed by atoms with Gasteiger partial charge in [0, 0.05) is 6.54 Å². The summed E-state index contributed by atoms with van der Waals surface area (Å²) in [4.78, 5) is 2.47. The van der Waals surface area contributed by atoms with E-state index in [1.54, 1.807) is 0 Å². The van der Waals surface area contributed by atoms with Crippen LogP contribution in [0.1, 0.15) is 46.0 Å². The normalized spacial score (nSPS) is 29.1. The number of β-amino-alcohol motifs (C(OH)–C–C–N with tert-alkyl or cyclic N) is 1. The average Bonchev–Trinajstić information content (AvgIpc) is 2.33. The molecule has 2 saturated heterocycles. The van der Waals surface area contributed by atoms with Crippen molar-refractivity contribution >= 4 is 0 Å². The molecular formula is C14H28N2O. The van der Waals surface area contributed by atoms with Crippen LogP contribution in [0.2, 0.25) is 0 Å². The van der Waals surface area contributed by atoms with Crippen LogP contribution in [0.3, 0.4) is 0 Å². The maximum absolute atomic E-state index is 10.5. The molecule has 2 fully saturated rings. The van der Waals surface area contributed by atoms with E-state index >= 15 is 0 Å². The Hall–Kier alpha value is -0.120. The highest BCUT2D eigenvalue weighted by atomic mass is 16.3. The van der Waals surface area contributed by atoms with E-state index < -0.39 is 5.60 Å². The Morgan fingerprint density at radius 1 is 1.12 bits per heavy atom. The minimum Gasteiger partial charge on any atom is -0.388 e. The second-order valence-corrected chi connectivity index (χ2v) is 6.41. The first kappa shape index (κ1) is 13.3. The van der Waals surface area contributed by atoms with E-state index in [2.05, 4.69) is 24.1 Å². The molecule has 0 aromatic carbocycles. The Morgan fingerprint density at radius 2 is 1.71 bits per heavy atom. The van der Waals surface area contributed by atoms with Crippen molar-refractivity contribution in [3.05, 3.63) is 0 Å². The summed E-state index contributed by atoms with van der Waals surface area (Å²) in [6.45, 7) is 9.86. The molecule has 2 rings (SSSR count). The van der Waals surface area contributed by atoms with Gasteiger partial charge in [-0.3, -0.25) is 0 Å². The molecule has 17 heavy (non-hydrogen) atoms. The van der Waals surface area contributed by atoms with E-state index in [0.717, 1.165) is 32.5 Å². The van der Waals surface area contributed by atoms with Gasteiger partial charge in [-0.1, -0.05) is 20.3 Å². The number of hydrogen-bond acceptors (Lipinski definition) is 3. The lowest BCUT2D eigenvalue weighted by Crippen LogP contribution is -2.52. The molecule has 2 heterocycles. The van der Waals surface area contributed by atoms with Gasteiger partial charge < -0.3 is 15.3 Å². The molecule has 0 aliphatic carbocycles. The lowest BCUT2D eigenvalue weighted by atomic mass is 9.78. The van der Waals surface area contributed by atoms with Crippen LogP contribution in [-0.4, -0.2) is 48.3 Å². The zero-order valence-electron chi connectivity index (χ0n) is 11.5. The van der Waals surface area contributed by atoms with Crippen molar-refractivity contribution in [2.45, 2.75) is 51.6 Å². The molecule has 2 N–H and O–H groups in total. The van der Waals surface area contributed by atoms with Crippen molar-refractivity contribution < 1.29 is 5.11 Å². The fourth-order valence-corrected chi connectivity index (χ4v) is 3.07. The summed E-state index contributed by atoms with van der Waals surface area (Å²) < 4.78 is 0. The van der Waals surface area contributed by atoms with Gasteiger partial charge in [0.05, 0.1) is 5.60 Å². The summed E-state index contributed by atoms with van der Waals surface area (Å²) in [7, 11) is 0. The molecule has 0 bridgehead atoms. The van der Waals surface area contributed by atoms with Gasteiger partial charge in [0.15, 0.2) is 0 Å². The molecule has 0 radical (unpaired) electrons. The molecular weight excluding hydrogens is 212 g/mol. The summed E-state index contributed by atoms with van der Waals surface area (Å²) >= 11 is 0. The number of likely N-dealkylation sites (tertiary alicyclic amines) is 1. The topological polar surface area (TPSA) is 35.5 Å². The van der Waals surface area contributed by atoms with E-state index in [0.29, 0.717) is 5.41 Å². The van der Waals surface area contributed by atoms with Crippen LogP contribution >= 0.6 is 0 Å². The molecule has 3 heteroatoms. The average molecular weight is 240 g/mol. The fraction of sp³-hybridized carbons (Fsp3) is 1.00. The second-order valence-electron chi connectivity index (χ2n) is 6.41. The zero-order chi connectivity index (χ0) is 12.4. The van der Waals surface area contributed by atoms with Crippen LogP contribution in [0.25, 0.3) is 0 Å². The van der Waals surface area contributed by atoms with Crippen LogP contribution in [0, 0.1) is 5.41 Å². The molecule has 0 unspecified atom stereocenters. The molecule has 0 aromatic heterocycles. The highest BCUT2D eigenvalue weighted by Crippen LogP contribution is 2.34. The van der Waals surface area contributed by atoms with E-state index in [1.807, 2.05) is 0 Å². The van der Waals surface area contributed by atoms with Gasteiger partial charge in [0.25, 0.3) is 0 Å². The smallest absolute Gasteiger partial charge is 0.0798 e. The molecule has 0 atom stereocenters. The SMILES string of the molecule is CCC1(C)CCN(CC2(O)CCNCC2)CC1. The number of rotatable bonds is 3. The van der Waals surface area contributed by atoms with Crippen LogP contribution in [-0.2, 0) is 0 Å². The van der Waals surface area contributed by atoms with E-state index in [4.69, 9.17) is 0 Å². The molecule has 2 aliphatic rings. The Morgan fingerprint density at radius 3 is 2.24 bits per heavy atom. The summed E-state index contributed by atoms with van der Waals surface area (Å²) in [6, 6.07) is 0. The third kappa shape index (κ3) is 3.43. The molecule has 3 nitrogen and oxygen atoms in total. The summed E-state index contributed by atoms with van der Waals surface area (Å²) in [5, 5.41) is 13.9. The van der Waals surface area contributed by atoms with Gasteiger partial charge in [-0.2, -0.15) is 0 Å². The third-order valence-electron chi connectivity index (χ3n) is 4.97. The van der Waals surface area contributed by atoms with Gasteiger partial charge in [-0.15, -0.1) is 0 Å². The van der Waals surface area contributed by atoms with Crippen molar-refractivity contribution in [3.8, 4) is 0 Å². The standard InChI is InChI=1S/C14H28N2O/c1-3-13(2)6-10-16(11-7-13)12-14(17)4-8-15-9-5-14/h15,17H,3-12H2,1-2H3. The molecule has 0 amide bonds. The fourth-order valence-electron chi connectivity index (χ4n) is 3.07. The Labute approximate surface area is 106 Å². The number of aliphatic hydroxyl groups is 1. The van der Waals surface area contributed by atoms with Crippen molar-refractivity contribution in [1.82, 2.24) is 10.2 Å².